The van der Waals surface area contributed by atoms with Gasteiger partial charge in [0.15, 0.2) is 0 Å². The zero-order valence-electron chi connectivity index (χ0n) is 10.9. The minimum Gasteiger partial charge on any atom is -0.391 e. The van der Waals surface area contributed by atoms with Crippen molar-refractivity contribution in [2.45, 2.75) is 31.1 Å². The molecule has 2 unspecified atom stereocenters. The molecule has 0 bridgehead atoms. The molecule has 0 aliphatic heterocycles. The molecule has 0 radical (unpaired) electrons. The lowest BCUT2D eigenvalue weighted by molar-refractivity contribution is 0.285. The molecule has 1 aromatic rings. The van der Waals surface area contributed by atoms with E-state index in [0.717, 1.165) is 28.2 Å². The van der Waals surface area contributed by atoms with Crippen LogP contribution in [0.15, 0.2) is 10.3 Å². The van der Waals surface area contributed by atoms with Gasteiger partial charge in [-0.1, -0.05) is 6.92 Å². The number of aryl methyl sites for hydroxylation is 1. The van der Waals surface area contributed by atoms with Crippen molar-refractivity contribution in [3.63, 3.8) is 0 Å². The van der Waals surface area contributed by atoms with Gasteiger partial charge in [0.2, 0.25) is 0 Å². The second-order valence-corrected chi connectivity index (χ2v) is 8.50. The first-order valence-corrected chi connectivity index (χ1v) is 8.28. The van der Waals surface area contributed by atoms with Gasteiger partial charge in [-0.15, -0.1) is 11.3 Å². The molecule has 4 nitrogen and oxygen atoms in total. The van der Waals surface area contributed by atoms with Gasteiger partial charge in [0.25, 0.3) is 10.0 Å². The van der Waals surface area contributed by atoms with Crippen molar-refractivity contribution in [2.24, 2.45) is 11.8 Å². The van der Waals surface area contributed by atoms with Gasteiger partial charge in [0, 0.05) is 18.5 Å². The van der Waals surface area contributed by atoms with E-state index in [4.69, 9.17) is 5.11 Å². The topological polar surface area (TPSA) is 57.6 Å². The number of nitrogens with zero attached hydrogens (tertiary/aromatic N) is 1. The quantitative estimate of drug-likeness (QED) is 0.899. The monoisotopic (exact) mass is 289 g/mol. The second kappa shape index (κ2) is 4.92. The van der Waals surface area contributed by atoms with E-state index in [1.165, 1.54) is 4.31 Å². The third-order valence-corrected chi connectivity index (χ3v) is 7.07. The van der Waals surface area contributed by atoms with Gasteiger partial charge >= 0.3 is 0 Å². The average Bonchev–Trinajstić information content (AvgIpc) is 2.85. The van der Waals surface area contributed by atoms with Crippen molar-refractivity contribution < 1.29 is 13.5 Å². The molecule has 18 heavy (non-hydrogen) atoms. The molecule has 1 aliphatic rings. The van der Waals surface area contributed by atoms with E-state index >= 15 is 0 Å². The van der Waals surface area contributed by atoms with Crippen molar-refractivity contribution >= 4 is 21.4 Å². The van der Waals surface area contributed by atoms with E-state index in [9.17, 15) is 8.42 Å². The van der Waals surface area contributed by atoms with Crippen LogP contribution in [-0.4, -0.2) is 31.4 Å². The normalized spacial score (nSPS) is 23.6. The van der Waals surface area contributed by atoms with E-state index in [0.29, 0.717) is 22.6 Å². The largest absolute Gasteiger partial charge is 0.391 e. The highest BCUT2D eigenvalue weighted by Crippen LogP contribution is 2.39. The molecule has 1 N–H and O–H groups in total. The van der Waals surface area contributed by atoms with E-state index in [2.05, 4.69) is 6.92 Å². The van der Waals surface area contributed by atoms with Crippen LogP contribution in [0.5, 0.6) is 0 Å². The Bertz CT molecular complexity index is 536. The van der Waals surface area contributed by atoms with E-state index < -0.39 is 10.0 Å². The Morgan fingerprint density at radius 3 is 2.61 bits per heavy atom. The zero-order valence-corrected chi connectivity index (χ0v) is 12.5. The zero-order chi connectivity index (χ0) is 13.5. The Labute approximate surface area is 112 Å². The Balaban J connectivity index is 2.18. The summed E-state index contributed by atoms with van der Waals surface area (Å²) in [6.45, 7) is 4.46. The Morgan fingerprint density at radius 1 is 1.56 bits per heavy atom. The third-order valence-electron chi connectivity index (χ3n) is 3.57. The van der Waals surface area contributed by atoms with Crippen molar-refractivity contribution in [3.05, 3.63) is 16.5 Å². The highest BCUT2D eigenvalue weighted by atomic mass is 32.2. The molecule has 0 saturated heterocycles. The van der Waals surface area contributed by atoms with Gasteiger partial charge in [0.1, 0.15) is 4.21 Å². The van der Waals surface area contributed by atoms with Gasteiger partial charge in [0.05, 0.1) is 6.61 Å². The standard InChI is InChI=1S/C12H19NO3S2/c1-8-4-10(8)6-13(3)18(15,16)12-5-9(2)11(7-14)17-12/h5,8,10,14H,4,6-7H2,1-3H3. The molecule has 1 aliphatic carbocycles. The summed E-state index contributed by atoms with van der Waals surface area (Å²) in [7, 11) is -1.76. The molecule has 2 atom stereocenters. The van der Waals surface area contributed by atoms with Crippen LogP contribution in [0.1, 0.15) is 23.8 Å². The van der Waals surface area contributed by atoms with Crippen LogP contribution in [0.3, 0.4) is 0 Å². The Morgan fingerprint density at radius 2 is 2.17 bits per heavy atom. The summed E-state index contributed by atoms with van der Waals surface area (Å²) >= 11 is 1.16. The average molecular weight is 289 g/mol. The predicted molar refractivity (Wildman–Crippen MR) is 72.1 cm³/mol. The summed E-state index contributed by atoms with van der Waals surface area (Å²) in [5.74, 6) is 1.14. The number of rotatable bonds is 5. The predicted octanol–water partition coefficient (Wildman–Crippen LogP) is 1.83. The highest BCUT2D eigenvalue weighted by molar-refractivity contribution is 7.91. The first-order valence-electron chi connectivity index (χ1n) is 6.02. The fourth-order valence-corrected chi connectivity index (χ4v) is 4.90. The minimum absolute atomic E-state index is 0.102. The third kappa shape index (κ3) is 2.61. The van der Waals surface area contributed by atoms with Crippen molar-refractivity contribution in [3.8, 4) is 0 Å². The van der Waals surface area contributed by atoms with Crippen LogP contribution >= 0.6 is 11.3 Å². The fraction of sp³-hybridized carbons (Fsp3) is 0.667. The molecule has 1 aromatic heterocycles. The number of hydrogen-bond donors (Lipinski definition) is 1. The van der Waals surface area contributed by atoms with Crippen LogP contribution in [0.25, 0.3) is 0 Å². The number of hydrogen-bond acceptors (Lipinski definition) is 4. The van der Waals surface area contributed by atoms with Crippen LogP contribution in [0.2, 0.25) is 0 Å². The Hall–Kier alpha value is -0.430. The molecule has 102 valence electrons. The fourth-order valence-electron chi connectivity index (χ4n) is 2.01. The van der Waals surface area contributed by atoms with E-state index in [1.54, 1.807) is 13.1 Å². The summed E-state index contributed by atoms with van der Waals surface area (Å²) in [5.41, 5.74) is 0.842. The summed E-state index contributed by atoms with van der Waals surface area (Å²) in [6.07, 6.45) is 1.12. The number of sulfonamides is 1. The summed E-state index contributed by atoms with van der Waals surface area (Å²) in [5, 5.41) is 9.13. The maximum atomic E-state index is 12.3. The number of aliphatic hydroxyl groups is 1. The molecule has 1 heterocycles. The number of aliphatic hydroxyl groups excluding tert-OH is 1. The molecular weight excluding hydrogens is 270 g/mol. The van der Waals surface area contributed by atoms with Crippen LogP contribution in [0, 0.1) is 18.8 Å². The molecular formula is C12H19NO3S2. The summed E-state index contributed by atoms with van der Waals surface area (Å²) in [6, 6.07) is 1.65. The maximum Gasteiger partial charge on any atom is 0.252 e. The lowest BCUT2D eigenvalue weighted by atomic mass is 10.3. The maximum absolute atomic E-state index is 12.3. The van der Waals surface area contributed by atoms with Crippen molar-refractivity contribution in [1.82, 2.24) is 4.31 Å². The van der Waals surface area contributed by atoms with Crippen molar-refractivity contribution in [2.75, 3.05) is 13.6 Å². The van der Waals surface area contributed by atoms with Crippen LogP contribution < -0.4 is 0 Å². The summed E-state index contributed by atoms with van der Waals surface area (Å²) in [4.78, 5) is 0.724. The molecule has 2 rings (SSSR count). The van der Waals surface area contributed by atoms with Gasteiger partial charge in [-0.2, -0.15) is 4.31 Å². The number of thiophene rings is 1. The molecule has 1 fully saturated rings. The first kappa shape index (κ1) is 14.0. The molecule has 0 amide bonds. The molecule has 1 saturated carbocycles. The minimum atomic E-state index is -3.39. The van der Waals surface area contributed by atoms with Crippen molar-refractivity contribution in [1.29, 1.82) is 0 Å². The van der Waals surface area contributed by atoms with E-state index in [1.807, 2.05) is 6.92 Å². The van der Waals surface area contributed by atoms with Crippen LogP contribution in [0.4, 0.5) is 0 Å². The summed E-state index contributed by atoms with van der Waals surface area (Å²) < 4.78 is 26.4. The highest BCUT2D eigenvalue weighted by Gasteiger charge is 2.36. The van der Waals surface area contributed by atoms with E-state index in [-0.39, 0.29) is 6.61 Å². The molecule has 0 spiro atoms. The van der Waals surface area contributed by atoms with Gasteiger partial charge < -0.3 is 5.11 Å². The SMILES string of the molecule is Cc1cc(S(=O)(=O)N(C)CC2CC2C)sc1CO. The molecule has 6 heteroatoms. The lowest BCUT2D eigenvalue weighted by Gasteiger charge is -2.15. The smallest absolute Gasteiger partial charge is 0.252 e. The van der Waals surface area contributed by atoms with Gasteiger partial charge in [-0.3, -0.25) is 0 Å². The first-order chi connectivity index (χ1) is 8.36. The molecule has 0 aromatic carbocycles. The van der Waals surface area contributed by atoms with Gasteiger partial charge in [-0.05, 0) is 36.8 Å². The second-order valence-electron chi connectivity index (χ2n) is 5.09. The Kier molecular flexibility index (Phi) is 3.82. The lowest BCUT2D eigenvalue weighted by Crippen LogP contribution is -2.28. The van der Waals surface area contributed by atoms with Crippen LogP contribution in [-0.2, 0) is 16.6 Å². The van der Waals surface area contributed by atoms with Gasteiger partial charge in [-0.25, -0.2) is 8.42 Å².